The maximum Gasteiger partial charge on any atom is 0.341 e. The highest BCUT2D eigenvalue weighted by Crippen LogP contribution is 2.22. The molecule has 372 valence electrons. The van der Waals surface area contributed by atoms with Gasteiger partial charge in [0.15, 0.2) is 0 Å². The van der Waals surface area contributed by atoms with Gasteiger partial charge in [-0.25, -0.2) is 14.4 Å². The second-order valence-electron chi connectivity index (χ2n) is 13.3. The molecule has 0 unspecified atom stereocenters. The lowest BCUT2D eigenvalue weighted by Gasteiger charge is -2.17. The van der Waals surface area contributed by atoms with Crippen LogP contribution in [-0.4, -0.2) is 114 Å². The summed E-state index contributed by atoms with van der Waals surface area (Å²) in [6.07, 6.45) is 0. The molecule has 0 bridgehead atoms. The lowest BCUT2D eigenvalue weighted by molar-refractivity contribution is -0.132. The van der Waals surface area contributed by atoms with E-state index >= 15 is 0 Å². The number of esters is 6. The van der Waals surface area contributed by atoms with Gasteiger partial charge in [-0.2, -0.15) is 0 Å². The third kappa shape index (κ3) is 25.5. The van der Waals surface area contributed by atoms with Crippen molar-refractivity contribution in [3.63, 3.8) is 0 Å². The fraction of sp³-hybridized carbons (Fsp3) is 0.333. The van der Waals surface area contributed by atoms with Gasteiger partial charge in [0.1, 0.15) is 52.9 Å². The minimum Gasteiger partial charge on any atom is -1.00 e. The smallest absolute Gasteiger partial charge is 0.341 e. The van der Waals surface area contributed by atoms with Crippen LogP contribution in [0.4, 0.5) is 0 Å². The summed E-state index contributed by atoms with van der Waals surface area (Å²) in [6.45, 7) is 19.0. The highest BCUT2D eigenvalue weighted by Gasteiger charge is 2.17. The molecule has 4 aromatic rings. The molecule has 0 saturated carbocycles. The van der Waals surface area contributed by atoms with Crippen molar-refractivity contribution >= 4 is 71.0 Å². The summed E-state index contributed by atoms with van der Waals surface area (Å²) in [5.74, 6) is -3.29. The SMILES string of the molecule is CC(=O)Oc1ccccc1C(=O)Cl.CC(=O)Oc1ccccc1C(=O)O.CCN(CC)CCOC(=O)c1ccccc1OC(C)=O.CCN(CC)CCOC(=O)c1ccccc1OC(C)=O.Cl.[Cl-]. The molecule has 0 fully saturated rings. The van der Waals surface area contributed by atoms with Crippen LogP contribution in [0.25, 0.3) is 0 Å². The second-order valence-corrected chi connectivity index (χ2v) is 13.6. The number of carbonyl (C=O) groups excluding carboxylic acids is 7. The number of para-hydroxylation sites is 4. The van der Waals surface area contributed by atoms with Crippen LogP contribution in [-0.2, 0) is 28.7 Å². The van der Waals surface area contributed by atoms with Crippen molar-refractivity contribution in [2.45, 2.75) is 55.4 Å². The predicted molar refractivity (Wildman–Crippen MR) is 252 cm³/mol. The molecule has 4 rings (SSSR count). The minimum atomic E-state index is -1.11. The van der Waals surface area contributed by atoms with E-state index in [4.69, 9.17) is 40.4 Å². The molecule has 0 aliphatic heterocycles. The molecular formula is C48H58Cl3N2O15-. The third-order valence-electron chi connectivity index (χ3n) is 8.52. The van der Waals surface area contributed by atoms with Gasteiger partial charge >= 0.3 is 41.8 Å². The molecule has 0 aromatic heterocycles. The number of ether oxygens (including phenoxy) is 6. The van der Waals surface area contributed by atoms with E-state index in [2.05, 4.69) is 42.2 Å². The van der Waals surface area contributed by atoms with E-state index in [1.54, 1.807) is 72.8 Å². The van der Waals surface area contributed by atoms with E-state index in [1.165, 1.54) is 52.0 Å². The summed E-state index contributed by atoms with van der Waals surface area (Å²) >= 11 is 5.26. The van der Waals surface area contributed by atoms with Gasteiger partial charge in [0.25, 0.3) is 5.24 Å². The molecule has 0 radical (unpaired) electrons. The summed E-state index contributed by atoms with van der Waals surface area (Å²) < 4.78 is 29.8. The van der Waals surface area contributed by atoms with Crippen molar-refractivity contribution in [1.82, 2.24) is 9.80 Å². The van der Waals surface area contributed by atoms with E-state index in [9.17, 15) is 38.4 Å². The Morgan fingerprint density at radius 1 is 0.456 bits per heavy atom. The number of likely N-dealkylation sites (N-methyl/N-ethyl adjacent to an activating group) is 2. The van der Waals surface area contributed by atoms with Gasteiger partial charge in [0, 0.05) is 40.8 Å². The maximum atomic E-state index is 12.0. The van der Waals surface area contributed by atoms with Gasteiger partial charge in [-0.1, -0.05) is 76.2 Å². The van der Waals surface area contributed by atoms with Gasteiger partial charge in [-0.05, 0) is 86.3 Å². The second kappa shape index (κ2) is 35.8. The number of benzene rings is 4. The number of aromatic carboxylic acids is 1. The molecule has 1 N–H and O–H groups in total. The first-order valence-electron chi connectivity index (χ1n) is 20.7. The average Bonchev–Trinajstić information content (AvgIpc) is 3.27. The number of halogens is 3. The zero-order chi connectivity index (χ0) is 49.6. The lowest BCUT2D eigenvalue weighted by Crippen LogP contribution is -3.00. The maximum absolute atomic E-state index is 12.0. The number of hydrogen-bond acceptors (Lipinski definition) is 16. The molecule has 68 heavy (non-hydrogen) atoms. The normalized spacial score (nSPS) is 9.69. The van der Waals surface area contributed by atoms with Gasteiger partial charge in [0.2, 0.25) is 0 Å². The Morgan fingerprint density at radius 2 is 0.706 bits per heavy atom. The fourth-order valence-corrected chi connectivity index (χ4v) is 5.44. The van der Waals surface area contributed by atoms with Gasteiger partial charge < -0.3 is 55.7 Å². The number of hydrogen-bond donors (Lipinski definition) is 1. The number of rotatable bonds is 18. The highest BCUT2D eigenvalue weighted by molar-refractivity contribution is 6.68. The molecular weight excluding hydrogens is 951 g/mol. The predicted octanol–water partition coefficient (Wildman–Crippen LogP) is 4.95. The molecule has 20 heteroatoms. The highest BCUT2D eigenvalue weighted by atomic mass is 35.5. The van der Waals surface area contributed by atoms with E-state index < -0.39 is 47.0 Å². The Morgan fingerprint density at radius 3 is 0.971 bits per heavy atom. The Balaban J connectivity index is 0. The fourth-order valence-electron chi connectivity index (χ4n) is 5.29. The van der Waals surface area contributed by atoms with Crippen molar-refractivity contribution < 1.29 is 84.3 Å². The van der Waals surface area contributed by atoms with Crippen molar-refractivity contribution in [2.75, 3.05) is 52.5 Å². The molecule has 0 atom stereocenters. The zero-order valence-electron chi connectivity index (χ0n) is 39.1. The molecule has 0 spiro atoms. The first-order chi connectivity index (χ1) is 31.4. The van der Waals surface area contributed by atoms with E-state index in [1.807, 2.05) is 0 Å². The summed E-state index contributed by atoms with van der Waals surface area (Å²) in [4.78, 5) is 92.9. The topological polar surface area (TPSA) is 219 Å². The summed E-state index contributed by atoms with van der Waals surface area (Å²) in [5.41, 5.74) is 0.710. The van der Waals surface area contributed by atoms with Crippen LogP contribution >= 0.6 is 24.0 Å². The monoisotopic (exact) mass is 1010 g/mol. The van der Waals surface area contributed by atoms with Crippen LogP contribution in [0.2, 0.25) is 0 Å². The standard InChI is InChI=1S/2C15H21NO4.C9H7ClO3.C9H8O4.2ClH/c2*1-4-16(5-2)10-11-19-15(18)13-8-6-7-9-14(13)20-12(3)17;1-6(11)13-8-5-3-2-4-7(8)9(10)12;1-6(10)13-8-5-3-2-4-7(8)9(11)12;;/h2*6-9H,4-5,10-11H2,1-3H3;2-5H,1H3;2-5H,1H3,(H,11,12);2*1H/p-1. The summed E-state index contributed by atoms with van der Waals surface area (Å²) in [5, 5.41) is 8.05. The average molecular weight is 1010 g/mol. The van der Waals surface area contributed by atoms with Crippen molar-refractivity contribution in [1.29, 1.82) is 0 Å². The number of carbonyl (C=O) groups is 8. The first kappa shape index (κ1) is 63.7. The molecule has 0 heterocycles. The summed E-state index contributed by atoms with van der Waals surface area (Å²) in [7, 11) is 0. The van der Waals surface area contributed by atoms with Crippen molar-refractivity contribution in [2.24, 2.45) is 0 Å². The molecule has 17 nitrogen and oxygen atoms in total. The molecule has 0 amide bonds. The van der Waals surface area contributed by atoms with Crippen LogP contribution < -0.4 is 31.4 Å². The first-order valence-corrected chi connectivity index (χ1v) is 21.1. The van der Waals surface area contributed by atoms with Crippen LogP contribution in [0.1, 0.15) is 96.8 Å². The Kier molecular flexibility index (Phi) is 33.5. The van der Waals surface area contributed by atoms with Crippen molar-refractivity contribution in [3.8, 4) is 23.0 Å². The largest absolute Gasteiger partial charge is 1.00 e. The van der Waals surface area contributed by atoms with E-state index in [0.717, 1.165) is 26.2 Å². The van der Waals surface area contributed by atoms with Gasteiger partial charge in [-0.15, -0.1) is 12.4 Å². The summed E-state index contributed by atoms with van der Waals surface area (Å²) in [6, 6.07) is 25.4. The van der Waals surface area contributed by atoms with Crippen LogP contribution in [0.15, 0.2) is 97.1 Å². The molecule has 0 aliphatic rings. The van der Waals surface area contributed by atoms with E-state index in [-0.39, 0.29) is 70.1 Å². The number of carboxylic acid groups (broad SMARTS) is 1. The Bertz CT molecular complexity index is 2080. The Labute approximate surface area is 413 Å². The minimum absolute atomic E-state index is 0. The van der Waals surface area contributed by atoms with Crippen LogP contribution in [0.3, 0.4) is 0 Å². The molecule has 0 aliphatic carbocycles. The van der Waals surface area contributed by atoms with E-state index in [0.29, 0.717) is 26.3 Å². The van der Waals surface area contributed by atoms with Gasteiger partial charge in [-0.3, -0.25) is 24.0 Å². The number of carboxylic acids is 1. The quantitative estimate of drug-likeness (QED) is 0.0792. The van der Waals surface area contributed by atoms with Crippen molar-refractivity contribution in [3.05, 3.63) is 119 Å². The van der Waals surface area contributed by atoms with Gasteiger partial charge in [0.05, 0.1) is 5.56 Å². The molecule has 4 aromatic carbocycles. The van der Waals surface area contributed by atoms with Crippen LogP contribution in [0.5, 0.6) is 23.0 Å². The Hall–Kier alpha value is -6.37. The zero-order valence-corrected chi connectivity index (χ0v) is 41.4. The molecule has 0 saturated heterocycles. The lowest BCUT2D eigenvalue weighted by atomic mass is 10.2. The third-order valence-corrected chi connectivity index (χ3v) is 8.72. The number of nitrogens with zero attached hydrogens (tertiary/aromatic N) is 2. The van der Waals surface area contributed by atoms with Crippen LogP contribution in [0, 0.1) is 0 Å².